The Morgan fingerprint density at radius 2 is 2.04 bits per heavy atom. The summed E-state index contributed by atoms with van der Waals surface area (Å²) in [6.07, 6.45) is -0.0131. The predicted octanol–water partition coefficient (Wildman–Crippen LogP) is 3.07. The van der Waals surface area contributed by atoms with Gasteiger partial charge >= 0.3 is 12.1 Å². The molecular weight excluding hydrogens is 414 g/mol. The fraction of sp³-hybridized carbons (Fsp3) is 0.312. The number of amides is 1. The van der Waals surface area contributed by atoms with Gasteiger partial charge in [0, 0.05) is 23.0 Å². The molecule has 1 aromatic carbocycles. The van der Waals surface area contributed by atoms with Gasteiger partial charge in [0.25, 0.3) is 0 Å². The van der Waals surface area contributed by atoms with E-state index < -0.39 is 12.1 Å². The van der Waals surface area contributed by atoms with E-state index in [2.05, 4.69) is 21.0 Å². The van der Waals surface area contributed by atoms with Crippen LogP contribution in [0.5, 0.6) is 0 Å². The highest BCUT2D eigenvalue weighted by molar-refractivity contribution is 9.10. The van der Waals surface area contributed by atoms with Crippen LogP contribution in [0.2, 0.25) is 0 Å². The molecule has 2 heterocycles. The van der Waals surface area contributed by atoms with E-state index in [4.69, 9.17) is 16.3 Å². The monoisotopic (exact) mass is 427 g/mol. The van der Waals surface area contributed by atoms with Gasteiger partial charge in [0.1, 0.15) is 6.61 Å². The predicted molar refractivity (Wildman–Crippen MR) is 94.4 cm³/mol. The van der Waals surface area contributed by atoms with Gasteiger partial charge in [0.15, 0.2) is 5.69 Å². The molecule has 3 rings (SSSR count). The number of hydrogen-bond donors (Lipinski definition) is 1. The Balaban J connectivity index is 1.95. The second-order valence-electron chi connectivity index (χ2n) is 5.44. The summed E-state index contributed by atoms with van der Waals surface area (Å²) in [5.41, 5.74) is 2.04. The quantitative estimate of drug-likeness (QED) is 0.757. The van der Waals surface area contributed by atoms with Gasteiger partial charge in [-0.15, -0.1) is 11.6 Å². The normalized spacial score (nSPS) is 13.4. The maximum atomic E-state index is 12.0. The number of ether oxygens (including phenoxy) is 1. The number of benzene rings is 1. The Morgan fingerprint density at radius 1 is 1.32 bits per heavy atom. The van der Waals surface area contributed by atoms with Crippen molar-refractivity contribution >= 4 is 39.6 Å². The number of aromatic carboxylic acids is 1. The highest BCUT2D eigenvalue weighted by Crippen LogP contribution is 2.26. The van der Waals surface area contributed by atoms with Gasteiger partial charge in [-0.2, -0.15) is 5.10 Å². The van der Waals surface area contributed by atoms with Crippen LogP contribution in [0.3, 0.4) is 0 Å². The molecule has 0 spiro atoms. The topological polar surface area (TPSA) is 84.7 Å². The maximum absolute atomic E-state index is 12.0. The summed E-state index contributed by atoms with van der Waals surface area (Å²) in [5, 5.41) is 13.7. The Hall–Kier alpha value is -2.06. The molecule has 132 valence electrons. The Labute approximate surface area is 157 Å². The minimum atomic E-state index is -1.12. The third-order valence-electron chi connectivity index (χ3n) is 3.89. The molecule has 0 saturated carbocycles. The highest BCUT2D eigenvalue weighted by atomic mass is 79.9. The third-order valence-corrected chi connectivity index (χ3v) is 4.57. The van der Waals surface area contributed by atoms with Gasteiger partial charge in [-0.1, -0.05) is 15.9 Å². The van der Waals surface area contributed by atoms with Crippen LogP contribution in [-0.4, -0.2) is 50.9 Å². The van der Waals surface area contributed by atoms with Gasteiger partial charge in [0.05, 0.1) is 23.8 Å². The molecule has 0 aliphatic carbocycles. The molecule has 7 nitrogen and oxygen atoms in total. The SMILES string of the molecule is O=C(O)c1nn(-c2ccc(Br)cc2)c2c1CN(C(=O)OCCCl)CC2. The molecule has 2 aromatic rings. The fourth-order valence-electron chi connectivity index (χ4n) is 2.76. The fourth-order valence-corrected chi connectivity index (χ4v) is 3.10. The van der Waals surface area contributed by atoms with Crippen molar-refractivity contribution in [3.05, 3.63) is 45.7 Å². The number of fused-ring (bicyclic) bond motifs is 1. The molecule has 1 aromatic heterocycles. The number of carbonyl (C=O) groups is 2. The molecule has 0 atom stereocenters. The van der Waals surface area contributed by atoms with E-state index >= 15 is 0 Å². The molecule has 9 heteroatoms. The van der Waals surface area contributed by atoms with E-state index in [-0.39, 0.29) is 24.7 Å². The van der Waals surface area contributed by atoms with E-state index in [1.165, 1.54) is 4.90 Å². The number of alkyl halides is 1. The average Bonchev–Trinajstić information content (AvgIpc) is 2.99. The van der Waals surface area contributed by atoms with Gasteiger partial charge in [-0.05, 0) is 24.3 Å². The number of aromatic nitrogens is 2. The van der Waals surface area contributed by atoms with Crippen LogP contribution in [0.15, 0.2) is 28.7 Å². The molecule has 1 aliphatic rings. The van der Waals surface area contributed by atoms with Crippen LogP contribution in [-0.2, 0) is 17.7 Å². The number of halogens is 2. The first kappa shape index (κ1) is 17.8. The lowest BCUT2D eigenvalue weighted by atomic mass is 10.1. The minimum absolute atomic E-state index is 0.0484. The number of carbonyl (C=O) groups excluding carboxylic acids is 1. The lowest BCUT2D eigenvalue weighted by Crippen LogP contribution is -2.37. The zero-order valence-corrected chi connectivity index (χ0v) is 15.5. The van der Waals surface area contributed by atoms with Crippen molar-refractivity contribution in [3.8, 4) is 5.69 Å². The summed E-state index contributed by atoms with van der Waals surface area (Å²) >= 11 is 8.90. The second-order valence-corrected chi connectivity index (χ2v) is 6.74. The molecule has 0 unspecified atom stereocenters. The number of carboxylic acid groups (broad SMARTS) is 1. The summed E-state index contributed by atoms with van der Waals surface area (Å²) in [4.78, 5) is 25.1. The molecule has 0 fully saturated rings. The molecule has 1 aliphatic heterocycles. The van der Waals surface area contributed by atoms with Gasteiger partial charge in [-0.25, -0.2) is 14.3 Å². The summed E-state index contributed by atoms with van der Waals surface area (Å²) < 4.78 is 7.58. The van der Waals surface area contributed by atoms with Crippen LogP contribution >= 0.6 is 27.5 Å². The van der Waals surface area contributed by atoms with Crippen molar-refractivity contribution < 1.29 is 19.4 Å². The van der Waals surface area contributed by atoms with E-state index in [0.717, 1.165) is 15.9 Å². The van der Waals surface area contributed by atoms with Crippen LogP contribution in [0.1, 0.15) is 21.7 Å². The molecule has 0 bridgehead atoms. The van der Waals surface area contributed by atoms with E-state index in [0.29, 0.717) is 18.5 Å². The third kappa shape index (κ3) is 3.64. The molecule has 0 saturated heterocycles. The maximum Gasteiger partial charge on any atom is 0.410 e. The average molecular weight is 429 g/mol. The van der Waals surface area contributed by atoms with Gasteiger partial charge in [0.2, 0.25) is 0 Å². The second kappa shape index (κ2) is 7.45. The van der Waals surface area contributed by atoms with Crippen molar-refractivity contribution in [2.75, 3.05) is 19.0 Å². The highest BCUT2D eigenvalue weighted by Gasteiger charge is 2.31. The van der Waals surface area contributed by atoms with Crippen molar-refractivity contribution in [1.82, 2.24) is 14.7 Å². The molecule has 1 N–H and O–H groups in total. The minimum Gasteiger partial charge on any atom is -0.476 e. The van der Waals surface area contributed by atoms with Crippen molar-refractivity contribution in [2.24, 2.45) is 0 Å². The first-order chi connectivity index (χ1) is 12.0. The lowest BCUT2D eigenvalue weighted by molar-refractivity contribution is 0.0684. The van der Waals surface area contributed by atoms with Crippen LogP contribution in [0, 0.1) is 0 Å². The first-order valence-electron chi connectivity index (χ1n) is 7.59. The largest absolute Gasteiger partial charge is 0.476 e. The van der Waals surface area contributed by atoms with Gasteiger partial charge in [-0.3, -0.25) is 0 Å². The molecular formula is C16H15BrClN3O4. The number of nitrogens with zero attached hydrogens (tertiary/aromatic N) is 3. The smallest absolute Gasteiger partial charge is 0.410 e. The zero-order valence-electron chi connectivity index (χ0n) is 13.1. The lowest BCUT2D eigenvalue weighted by Gasteiger charge is -2.26. The van der Waals surface area contributed by atoms with E-state index in [9.17, 15) is 14.7 Å². The number of hydrogen-bond acceptors (Lipinski definition) is 4. The summed E-state index contributed by atoms with van der Waals surface area (Å²) in [6.45, 7) is 0.692. The van der Waals surface area contributed by atoms with Crippen molar-refractivity contribution in [3.63, 3.8) is 0 Å². The summed E-state index contributed by atoms with van der Waals surface area (Å²) in [5.74, 6) is -0.907. The number of carboxylic acids is 1. The Bertz CT molecular complexity index is 806. The van der Waals surface area contributed by atoms with Crippen LogP contribution in [0.25, 0.3) is 5.69 Å². The summed E-state index contributed by atoms with van der Waals surface area (Å²) in [7, 11) is 0. The molecule has 1 amide bonds. The zero-order chi connectivity index (χ0) is 18.0. The van der Waals surface area contributed by atoms with Crippen molar-refractivity contribution in [2.45, 2.75) is 13.0 Å². The van der Waals surface area contributed by atoms with Gasteiger partial charge < -0.3 is 14.7 Å². The van der Waals surface area contributed by atoms with Crippen LogP contribution < -0.4 is 0 Å². The first-order valence-corrected chi connectivity index (χ1v) is 8.91. The Kier molecular flexibility index (Phi) is 5.29. The van der Waals surface area contributed by atoms with Crippen molar-refractivity contribution in [1.29, 1.82) is 0 Å². The van der Waals surface area contributed by atoms with E-state index in [1.807, 2.05) is 24.3 Å². The summed E-state index contributed by atoms with van der Waals surface area (Å²) in [6, 6.07) is 7.43. The number of rotatable bonds is 4. The molecule has 25 heavy (non-hydrogen) atoms. The van der Waals surface area contributed by atoms with E-state index in [1.54, 1.807) is 4.68 Å². The van der Waals surface area contributed by atoms with Crippen LogP contribution in [0.4, 0.5) is 4.79 Å². The Morgan fingerprint density at radius 3 is 2.68 bits per heavy atom. The standard InChI is InChI=1S/C16H15BrClN3O4/c17-10-1-3-11(4-2-10)21-13-5-7-20(16(24)25-8-6-18)9-12(13)14(19-21)15(22)23/h1-4H,5-9H2,(H,22,23). The molecule has 0 radical (unpaired) electrons.